The van der Waals surface area contributed by atoms with Gasteiger partial charge in [-0.25, -0.2) is 0 Å². The Labute approximate surface area is 113 Å². The third kappa shape index (κ3) is 4.22. The molecule has 0 aliphatic carbocycles. The van der Waals surface area contributed by atoms with Gasteiger partial charge in [-0.2, -0.15) is 0 Å². The van der Waals surface area contributed by atoms with Crippen molar-refractivity contribution in [2.45, 2.75) is 32.5 Å². The van der Waals surface area contributed by atoms with Crippen LogP contribution in [0.3, 0.4) is 0 Å². The summed E-state index contributed by atoms with van der Waals surface area (Å²) < 4.78 is 10.4. The van der Waals surface area contributed by atoms with Crippen molar-refractivity contribution < 1.29 is 19.4 Å². The number of nitrogens with one attached hydrogen (secondary N) is 1. The van der Waals surface area contributed by atoms with Crippen LogP contribution in [-0.2, 0) is 16.1 Å². The van der Waals surface area contributed by atoms with E-state index in [2.05, 4.69) is 5.32 Å². The predicted octanol–water partition coefficient (Wildman–Crippen LogP) is 1.97. The van der Waals surface area contributed by atoms with Gasteiger partial charge in [0.05, 0.1) is 13.7 Å². The van der Waals surface area contributed by atoms with Crippen LogP contribution < -0.4 is 10.1 Å². The molecule has 0 radical (unpaired) electrons. The number of rotatable bonds is 7. The van der Waals surface area contributed by atoms with Crippen LogP contribution in [-0.4, -0.2) is 31.3 Å². The molecule has 0 aliphatic heterocycles. The van der Waals surface area contributed by atoms with Crippen LogP contribution in [0.1, 0.15) is 31.0 Å². The number of carboxylic acid groups (broad SMARTS) is 1. The van der Waals surface area contributed by atoms with Crippen molar-refractivity contribution in [1.29, 1.82) is 0 Å². The van der Waals surface area contributed by atoms with Gasteiger partial charge in [-0.3, -0.25) is 10.1 Å². The van der Waals surface area contributed by atoms with Gasteiger partial charge in [0.25, 0.3) is 0 Å². The Balaban J connectivity index is 2.88. The lowest BCUT2D eigenvalue weighted by Crippen LogP contribution is -2.35. The summed E-state index contributed by atoms with van der Waals surface area (Å²) in [6, 6.07) is 5.10. The Morgan fingerprint density at radius 1 is 1.37 bits per heavy atom. The minimum Gasteiger partial charge on any atom is -0.496 e. The first-order valence-electron chi connectivity index (χ1n) is 6.14. The lowest BCUT2D eigenvalue weighted by molar-refractivity contribution is -0.139. The Morgan fingerprint density at radius 2 is 2.05 bits per heavy atom. The van der Waals surface area contributed by atoms with Gasteiger partial charge in [-0.15, -0.1) is 0 Å². The van der Waals surface area contributed by atoms with E-state index in [1.54, 1.807) is 21.1 Å². The van der Waals surface area contributed by atoms with Gasteiger partial charge in [-0.05, 0) is 31.5 Å². The maximum atomic E-state index is 10.8. The first kappa shape index (κ1) is 15.5. The molecule has 19 heavy (non-hydrogen) atoms. The van der Waals surface area contributed by atoms with Crippen LogP contribution in [0.2, 0.25) is 0 Å². The second-order valence-corrected chi connectivity index (χ2v) is 4.45. The molecule has 0 fully saturated rings. The number of carboxylic acids is 1. The van der Waals surface area contributed by atoms with Gasteiger partial charge in [-0.1, -0.05) is 6.07 Å². The average molecular weight is 267 g/mol. The number of hydrogen-bond acceptors (Lipinski definition) is 4. The van der Waals surface area contributed by atoms with E-state index in [0.29, 0.717) is 6.61 Å². The van der Waals surface area contributed by atoms with E-state index in [1.165, 1.54) is 0 Å². The minimum absolute atomic E-state index is 0.0624. The summed E-state index contributed by atoms with van der Waals surface area (Å²) in [6.45, 7) is 4.01. The second-order valence-electron chi connectivity index (χ2n) is 4.45. The molecule has 0 amide bonds. The third-order valence-corrected chi connectivity index (χ3v) is 2.97. The Hall–Kier alpha value is -1.59. The highest BCUT2D eigenvalue weighted by molar-refractivity contribution is 5.72. The average Bonchev–Trinajstić information content (AvgIpc) is 2.38. The van der Waals surface area contributed by atoms with Crippen LogP contribution >= 0.6 is 0 Å². The number of ether oxygens (including phenoxy) is 2. The molecule has 1 aromatic carbocycles. The summed E-state index contributed by atoms with van der Waals surface area (Å²) in [5.74, 6) is -0.0958. The number of methoxy groups -OCH3 is 2. The number of carbonyl (C=O) groups is 1. The Kier molecular flexibility index (Phi) is 5.79. The van der Waals surface area contributed by atoms with Crippen molar-refractivity contribution in [3.63, 3.8) is 0 Å². The monoisotopic (exact) mass is 267 g/mol. The van der Waals surface area contributed by atoms with Gasteiger partial charge in [0.15, 0.2) is 0 Å². The van der Waals surface area contributed by atoms with Gasteiger partial charge in [0.2, 0.25) is 0 Å². The summed E-state index contributed by atoms with van der Waals surface area (Å²) >= 11 is 0. The van der Waals surface area contributed by atoms with Crippen LogP contribution in [0, 0.1) is 0 Å². The SMILES string of the molecule is COCc1cc(C(C)NC(C)C(=O)O)ccc1OC. The molecule has 2 unspecified atom stereocenters. The zero-order valence-electron chi connectivity index (χ0n) is 11.8. The molecular formula is C14H21NO4. The molecule has 0 aliphatic rings. The molecule has 0 spiro atoms. The molecule has 5 heteroatoms. The molecule has 2 atom stereocenters. The highest BCUT2D eigenvalue weighted by atomic mass is 16.5. The molecule has 1 aromatic rings. The van der Waals surface area contributed by atoms with Crippen LogP contribution in [0.4, 0.5) is 0 Å². The van der Waals surface area contributed by atoms with Crippen molar-refractivity contribution in [3.8, 4) is 5.75 Å². The molecule has 2 N–H and O–H groups in total. The van der Waals surface area contributed by atoms with Crippen LogP contribution in [0.25, 0.3) is 0 Å². The molecule has 0 heterocycles. The molecule has 5 nitrogen and oxygen atoms in total. The quantitative estimate of drug-likeness (QED) is 0.790. The normalized spacial score (nSPS) is 13.9. The van der Waals surface area contributed by atoms with E-state index in [1.807, 2.05) is 25.1 Å². The molecule has 1 rings (SSSR count). The summed E-state index contributed by atoms with van der Waals surface area (Å²) in [4.78, 5) is 10.8. The molecule has 106 valence electrons. The summed E-state index contributed by atoms with van der Waals surface area (Å²) in [5, 5.41) is 11.9. The molecular weight excluding hydrogens is 246 g/mol. The zero-order chi connectivity index (χ0) is 14.4. The zero-order valence-corrected chi connectivity index (χ0v) is 11.8. The van der Waals surface area contributed by atoms with E-state index in [-0.39, 0.29) is 6.04 Å². The number of hydrogen-bond donors (Lipinski definition) is 2. The molecule has 0 saturated carbocycles. The lowest BCUT2D eigenvalue weighted by atomic mass is 10.0. The second kappa shape index (κ2) is 7.11. The molecule has 0 bridgehead atoms. The molecule has 0 saturated heterocycles. The maximum Gasteiger partial charge on any atom is 0.320 e. The largest absolute Gasteiger partial charge is 0.496 e. The minimum atomic E-state index is -0.863. The predicted molar refractivity (Wildman–Crippen MR) is 72.4 cm³/mol. The van der Waals surface area contributed by atoms with E-state index < -0.39 is 12.0 Å². The first-order chi connectivity index (χ1) is 8.99. The summed E-state index contributed by atoms with van der Waals surface area (Å²) in [6.07, 6.45) is 0. The first-order valence-corrected chi connectivity index (χ1v) is 6.14. The van der Waals surface area contributed by atoms with Gasteiger partial charge >= 0.3 is 5.97 Å². The highest BCUT2D eigenvalue weighted by Crippen LogP contribution is 2.24. The fourth-order valence-electron chi connectivity index (χ4n) is 1.88. The smallest absolute Gasteiger partial charge is 0.320 e. The Morgan fingerprint density at radius 3 is 2.58 bits per heavy atom. The fourth-order valence-corrected chi connectivity index (χ4v) is 1.88. The van der Waals surface area contributed by atoms with E-state index in [4.69, 9.17) is 14.6 Å². The Bertz CT molecular complexity index is 433. The van der Waals surface area contributed by atoms with E-state index >= 15 is 0 Å². The van der Waals surface area contributed by atoms with Crippen molar-refractivity contribution in [1.82, 2.24) is 5.32 Å². The van der Waals surface area contributed by atoms with Gasteiger partial charge in [0.1, 0.15) is 11.8 Å². The standard InChI is InChI=1S/C14H21NO4/c1-9(15-10(2)14(16)17)11-5-6-13(19-4)12(7-11)8-18-3/h5-7,9-10,15H,8H2,1-4H3,(H,16,17). The van der Waals surface area contributed by atoms with Gasteiger partial charge < -0.3 is 14.6 Å². The lowest BCUT2D eigenvalue weighted by Gasteiger charge is -2.19. The van der Waals surface area contributed by atoms with Gasteiger partial charge in [0, 0.05) is 18.7 Å². The van der Waals surface area contributed by atoms with Crippen LogP contribution in [0.15, 0.2) is 18.2 Å². The fraction of sp³-hybridized carbons (Fsp3) is 0.500. The van der Waals surface area contributed by atoms with Crippen molar-refractivity contribution in [3.05, 3.63) is 29.3 Å². The number of benzene rings is 1. The molecule has 0 aromatic heterocycles. The van der Waals surface area contributed by atoms with E-state index in [9.17, 15) is 4.79 Å². The van der Waals surface area contributed by atoms with Crippen molar-refractivity contribution in [2.75, 3.05) is 14.2 Å². The summed E-state index contributed by atoms with van der Waals surface area (Å²) in [7, 11) is 3.24. The van der Waals surface area contributed by atoms with E-state index in [0.717, 1.165) is 16.9 Å². The topological polar surface area (TPSA) is 67.8 Å². The number of aliphatic carboxylic acids is 1. The van der Waals surface area contributed by atoms with Crippen molar-refractivity contribution in [2.24, 2.45) is 0 Å². The highest BCUT2D eigenvalue weighted by Gasteiger charge is 2.16. The van der Waals surface area contributed by atoms with Crippen LogP contribution in [0.5, 0.6) is 5.75 Å². The third-order valence-electron chi connectivity index (χ3n) is 2.97. The summed E-state index contributed by atoms with van der Waals surface area (Å²) in [5.41, 5.74) is 1.94. The maximum absolute atomic E-state index is 10.8. The van der Waals surface area contributed by atoms with Crippen molar-refractivity contribution >= 4 is 5.97 Å².